The summed E-state index contributed by atoms with van der Waals surface area (Å²) in [5.41, 5.74) is 0.380. The Labute approximate surface area is 112 Å². The average Bonchev–Trinajstić information content (AvgIpc) is 2.90. The quantitative estimate of drug-likeness (QED) is 0.815. The number of hydrogen-bond acceptors (Lipinski definition) is 3. The van der Waals surface area contributed by atoms with E-state index in [0.717, 1.165) is 13.2 Å². The second kappa shape index (κ2) is 6.36. The number of nitrogens with zero attached hydrogens (tertiary/aromatic N) is 1. The third-order valence-electron chi connectivity index (χ3n) is 5.01. The van der Waals surface area contributed by atoms with E-state index in [1.807, 2.05) is 0 Å². The molecule has 0 aliphatic carbocycles. The van der Waals surface area contributed by atoms with Gasteiger partial charge in [0.15, 0.2) is 0 Å². The Morgan fingerprint density at radius 2 is 2.11 bits per heavy atom. The van der Waals surface area contributed by atoms with Crippen molar-refractivity contribution < 1.29 is 4.74 Å². The first kappa shape index (κ1) is 14.3. The summed E-state index contributed by atoms with van der Waals surface area (Å²) < 4.78 is 5.76. The van der Waals surface area contributed by atoms with E-state index in [2.05, 4.69) is 31.0 Å². The Balaban J connectivity index is 1.92. The highest BCUT2D eigenvalue weighted by Gasteiger charge is 2.37. The lowest BCUT2D eigenvalue weighted by Gasteiger charge is -2.49. The maximum absolute atomic E-state index is 5.76. The summed E-state index contributed by atoms with van der Waals surface area (Å²) in [4.78, 5) is 2.73. The second-order valence-corrected chi connectivity index (χ2v) is 6.08. The van der Waals surface area contributed by atoms with Gasteiger partial charge in [-0.3, -0.25) is 4.90 Å². The molecule has 2 rings (SSSR count). The molecule has 0 spiro atoms. The molecular weight excluding hydrogens is 224 g/mol. The summed E-state index contributed by atoms with van der Waals surface area (Å²) in [5, 5.41) is 3.66. The molecule has 3 nitrogen and oxygen atoms in total. The lowest BCUT2D eigenvalue weighted by atomic mass is 9.87. The Bertz CT molecular complexity index is 247. The highest BCUT2D eigenvalue weighted by atomic mass is 16.5. The maximum atomic E-state index is 5.76. The molecular formula is C15H30N2O. The Morgan fingerprint density at radius 3 is 2.72 bits per heavy atom. The minimum absolute atomic E-state index is 0.380. The zero-order valence-corrected chi connectivity index (χ0v) is 12.4. The van der Waals surface area contributed by atoms with Gasteiger partial charge in [-0.05, 0) is 39.0 Å². The van der Waals surface area contributed by atoms with E-state index < -0.39 is 0 Å². The van der Waals surface area contributed by atoms with Crippen LogP contribution in [0.5, 0.6) is 0 Å². The van der Waals surface area contributed by atoms with Crippen molar-refractivity contribution in [2.24, 2.45) is 0 Å². The van der Waals surface area contributed by atoms with E-state index in [4.69, 9.17) is 4.74 Å². The van der Waals surface area contributed by atoms with Crippen molar-refractivity contribution in [2.75, 3.05) is 26.2 Å². The van der Waals surface area contributed by atoms with Gasteiger partial charge >= 0.3 is 0 Å². The molecule has 2 saturated heterocycles. The van der Waals surface area contributed by atoms with Crippen molar-refractivity contribution in [3.63, 3.8) is 0 Å². The van der Waals surface area contributed by atoms with Crippen molar-refractivity contribution in [3.05, 3.63) is 0 Å². The zero-order valence-electron chi connectivity index (χ0n) is 12.4. The first-order valence-corrected chi connectivity index (χ1v) is 7.80. The molecule has 0 aromatic rings. The van der Waals surface area contributed by atoms with Gasteiger partial charge in [-0.25, -0.2) is 0 Å². The molecule has 0 bridgehead atoms. The highest BCUT2D eigenvalue weighted by molar-refractivity contribution is 4.96. The van der Waals surface area contributed by atoms with Gasteiger partial charge in [0.1, 0.15) is 0 Å². The summed E-state index contributed by atoms with van der Waals surface area (Å²) in [5.74, 6) is 0. The van der Waals surface area contributed by atoms with Crippen molar-refractivity contribution in [1.29, 1.82) is 0 Å². The predicted octanol–water partition coefficient (Wildman–Crippen LogP) is 2.41. The van der Waals surface area contributed by atoms with E-state index >= 15 is 0 Å². The Kier molecular flexibility index (Phi) is 5.05. The molecule has 2 atom stereocenters. The molecule has 0 aromatic carbocycles. The molecule has 2 unspecified atom stereocenters. The summed E-state index contributed by atoms with van der Waals surface area (Å²) in [6, 6.07) is 0.626. The smallest absolute Gasteiger partial charge is 0.0588 e. The van der Waals surface area contributed by atoms with Crippen LogP contribution in [0.15, 0.2) is 0 Å². The standard InChI is InChI=1S/C15H30N2O/c1-4-15(5-2)12-16-13(3)11-17(15)9-8-14-7-6-10-18-14/h13-14,16H,4-12H2,1-3H3. The van der Waals surface area contributed by atoms with Crippen LogP contribution in [-0.4, -0.2) is 48.8 Å². The molecule has 1 N–H and O–H groups in total. The molecule has 2 fully saturated rings. The molecule has 0 saturated carbocycles. The molecule has 2 aliphatic heterocycles. The van der Waals surface area contributed by atoms with Gasteiger partial charge < -0.3 is 10.1 Å². The van der Waals surface area contributed by atoms with Crippen LogP contribution in [0, 0.1) is 0 Å². The molecule has 18 heavy (non-hydrogen) atoms. The number of ether oxygens (including phenoxy) is 1. The van der Waals surface area contributed by atoms with Crippen LogP contribution in [-0.2, 0) is 4.74 Å². The van der Waals surface area contributed by atoms with Crippen LogP contribution < -0.4 is 5.32 Å². The minimum atomic E-state index is 0.380. The van der Waals surface area contributed by atoms with Gasteiger partial charge in [0, 0.05) is 37.8 Å². The third kappa shape index (κ3) is 3.06. The fraction of sp³-hybridized carbons (Fsp3) is 1.00. The first-order chi connectivity index (χ1) is 8.70. The monoisotopic (exact) mass is 254 g/mol. The zero-order chi connectivity index (χ0) is 13.0. The predicted molar refractivity (Wildman–Crippen MR) is 75.9 cm³/mol. The second-order valence-electron chi connectivity index (χ2n) is 6.08. The molecule has 3 heteroatoms. The van der Waals surface area contributed by atoms with E-state index in [-0.39, 0.29) is 0 Å². The van der Waals surface area contributed by atoms with Crippen LogP contribution in [0.3, 0.4) is 0 Å². The molecule has 0 amide bonds. The summed E-state index contributed by atoms with van der Waals surface area (Å²) in [7, 11) is 0. The normalized spacial score (nSPS) is 32.8. The number of rotatable bonds is 5. The van der Waals surface area contributed by atoms with Gasteiger partial charge in [0.2, 0.25) is 0 Å². The van der Waals surface area contributed by atoms with E-state index in [9.17, 15) is 0 Å². The van der Waals surface area contributed by atoms with E-state index in [1.165, 1.54) is 45.2 Å². The van der Waals surface area contributed by atoms with Gasteiger partial charge in [0.05, 0.1) is 6.10 Å². The largest absolute Gasteiger partial charge is 0.378 e. The maximum Gasteiger partial charge on any atom is 0.0588 e. The molecule has 2 aliphatic rings. The number of nitrogens with one attached hydrogen (secondary N) is 1. The Hall–Kier alpha value is -0.120. The fourth-order valence-corrected chi connectivity index (χ4v) is 3.51. The number of hydrogen-bond donors (Lipinski definition) is 1. The van der Waals surface area contributed by atoms with Crippen molar-refractivity contribution in [3.8, 4) is 0 Å². The van der Waals surface area contributed by atoms with Gasteiger partial charge in [0.25, 0.3) is 0 Å². The third-order valence-corrected chi connectivity index (χ3v) is 5.01. The summed E-state index contributed by atoms with van der Waals surface area (Å²) in [6.07, 6.45) is 6.77. The van der Waals surface area contributed by atoms with Crippen LogP contribution >= 0.6 is 0 Å². The van der Waals surface area contributed by atoms with Crippen LogP contribution in [0.4, 0.5) is 0 Å². The van der Waals surface area contributed by atoms with Gasteiger partial charge in [-0.2, -0.15) is 0 Å². The molecule has 0 radical (unpaired) electrons. The molecule has 106 valence electrons. The van der Waals surface area contributed by atoms with Crippen molar-refractivity contribution in [1.82, 2.24) is 10.2 Å². The average molecular weight is 254 g/mol. The minimum Gasteiger partial charge on any atom is -0.378 e. The molecule has 0 aromatic heterocycles. The van der Waals surface area contributed by atoms with Crippen molar-refractivity contribution >= 4 is 0 Å². The van der Waals surface area contributed by atoms with Gasteiger partial charge in [-0.15, -0.1) is 0 Å². The topological polar surface area (TPSA) is 24.5 Å². The number of piperazine rings is 1. The summed E-state index contributed by atoms with van der Waals surface area (Å²) in [6.45, 7) is 11.5. The lowest BCUT2D eigenvalue weighted by molar-refractivity contribution is 0.0168. The highest BCUT2D eigenvalue weighted by Crippen LogP contribution is 2.28. The fourth-order valence-electron chi connectivity index (χ4n) is 3.51. The SMILES string of the molecule is CCC1(CC)CNC(C)CN1CCC1CCCO1. The summed E-state index contributed by atoms with van der Waals surface area (Å²) >= 11 is 0. The van der Waals surface area contributed by atoms with Crippen LogP contribution in [0.2, 0.25) is 0 Å². The van der Waals surface area contributed by atoms with Crippen LogP contribution in [0.1, 0.15) is 52.9 Å². The van der Waals surface area contributed by atoms with Crippen LogP contribution in [0.25, 0.3) is 0 Å². The van der Waals surface area contributed by atoms with E-state index in [0.29, 0.717) is 17.7 Å². The Morgan fingerprint density at radius 1 is 1.33 bits per heavy atom. The van der Waals surface area contributed by atoms with Crippen molar-refractivity contribution in [2.45, 2.75) is 70.6 Å². The van der Waals surface area contributed by atoms with Gasteiger partial charge in [-0.1, -0.05) is 13.8 Å². The molecule has 2 heterocycles. The van der Waals surface area contributed by atoms with E-state index in [1.54, 1.807) is 0 Å². The lowest BCUT2D eigenvalue weighted by Crippen LogP contribution is -2.63. The first-order valence-electron chi connectivity index (χ1n) is 7.80.